The summed E-state index contributed by atoms with van der Waals surface area (Å²) >= 11 is 0. The Morgan fingerprint density at radius 3 is 2.15 bits per heavy atom. The molecule has 0 aromatic heterocycles. The number of fused-ring (bicyclic) bond motifs is 3. The third-order valence-corrected chi connectivity index (χ3v) is 7.84. The highest BCUT2D eigenvalue weighted by Crippen LogP contribution is 2.44. The molecule has 2 aliphatic rings. The van der Waals surface area contributed by atoms with E-state index in [0.717, 1.165) is 28.8 Å². The molecule has 8 nitrogen and oxygen atoms in total. The summed E-state index contributed by atoms with van der Waals surface area (Å²) in [6.45, 7) is 2.30. The van der Waals surface area contributed by atoms with E-state index >= 15 is 0 Å². The summed E-state index contributed by atoms with van der Waals surface area (Å²) in [7, 11) is 0. The first kappa shape index (κ1) is 27.9. The minimum absolute atomic E-state index is 0.0467. The van der Waals surface area contributed by atoms with Crippen LogP contribution in [0.4, 0.5) is 4.79 Å². The van der Waals surface area contributed by atoms with Crippen LogP contribution in [0.1, 0.15) is 41.9 Å². The van der Waals surface area contributed by atoms with Crippen molar-refractivity contribution in [2.24, 2.45) is 0 Å². The molecule has 8 heteroatoms. The summed E-state index contributed by atoms with van der Waals surface area (Å²) in [6.07, 6.45) is 0.628. The molecule has 2 amide bonds. The molecule has 0 bridgehead atoms. The molecule has 1 aliphatic heterocycles. The van der Waals surface area contributed by atoms with Gasteiger partial charge in [-0.1, -0.05) is 84.8 Å². The third-order valence-electron chi connectivity index (χ3n) is 7.84. The standard InChI is InChI=1S/C33H33N3O5/c37-30(34-18-8-15-31(38)39)21-33(16-19-36(20-17-33)22-24-9-2-1-3-10-24)35-32(40)41-23-29-27-13-6-4-11-25(27)26-12-5-7-14-28(26)29/h1-7,9-14,29H,16-23H2,(H,34,37)(H,35,40)(H,38,39). The first-order valence-electron chi connectivity index (χ1n) is 13.8. The van der Waals surface area contributed by atoms with E-state index in [9.17, 15) is 14.4 Å². The number of rotatable bonds is 8. The number of carbonyl (C=O) groups is 3. The molecule has 0 unspecified atom stereocenters. The molecule has 5 rings (SSSR count). The Hall–Kier alpha value is -4.61. The molecule has 210 valence electrons. The number of hydrogen-bond donors (Lipinski definition) is 3. The summed E-state index contributed by atoms with van der Waals surface area (Å²) < 4.78 is 5.81. The second-order valence-corrected chi connectivity index (χ2v) is 10.6. The Labute approximate surface area is 239 Å². The van der Waals surface area contributed by atoms with Gasteiger partial charge in [-0.15, -0.1) is 0 Å². The van der Waals surface area contributed by atoms with Crippen LogP contribution in [0, 0.1) is 11.8 Å². The van der Waals surface area contributed by atoms with Crippen LogP contribution in [0.3, 0.4) is 0 Å². The number of carboxylic acid groups (broad SMARTS) is 1. The Morgan fingerprint density at radius 2 is 1.51 bits per heavy atom. The number of amides is 2. The van der Waals surface area contributed by atoms with Gasteiger partial charge in [-0.05, 0) is 40.7 Å². The number of nitrogens with zero attached hydrogens (tertiary/aromatic N) is 1. The summed E-state index contributed by atoms with van der Waals surface area (Å²) in [5.41, 5.74) is 4.99. The predicted molar refractivity (Wildman–Crippen MR) is 155 cm³/mol. The maximum Gasteiger partial charge on any atom is 0.407 e. The van der Waals surface area contributed by atoms with Gasteiger partial charge >= 0.3 is 12.1 Å². The van der Waals surface area contributed by atoms with E-state index < -0.39 is 17.6 Å². The monoisotopic (exact) mass is 551 g/mol. The molecule has 0 radical (unpaired) electrons. The average Bonchev–Trinajstić information content (AvgIpc) is 3.29. The zero-order valence-corrected chi connectivity index (χ0v) is 22.8. The van der Waals surface area contributed by atoms with Crippen LogP contribution in [-0.2, 0) is 20.9 Å². The van der Waals surface area contributed by atoms with E-state index in [1.807, 2.05) is 48.4 Å². The quantitative estimate of drug-likeness (QED) is 0.363. The van der Waals surface area contributed by atoms with Crippen molar-refractivity contribution in [3.63, 3.8) is 0 Å². The molecule has 1 heterocycles. The minimum Gasteiger partial charge on any atom is -0.472 e. The fourth-order valence-corrected chi connectivity index (χ4v) is 5.81. The molecule has 0 spiro atoms. The van der Waals surface area contributed by atoms with Crippen molar-refractivity contribution in [2.75, 3.05) is 26.2 Å². The van der Waals surface area contributed by atoms with Crippen LogP contribution >= 0.6 is 0 Å². The van der Waals surface area contributed by atoms with Gasteiger partial charge in [-0.3, -0.25) is 9.69 Å². The number of benzene rings is 3. The maximum absolute atomic E-state index is 13.2. The molecule has 1 aliphatic carbocycles. The lowest BCUT2D eigenvalue weighted by molar-refractivity contribution is -0.130. The second kappa shape index (κ2) is 12.7. The van der Waals surface area contributed by atoms with Gasteiger partial charge in [0, 0.05) is 37.9 Å². The summed E-state index contributed by atoms with van der Waals surface area (Å²) in [6, 6.07) is 26.5. The van der Waals surface area contributed by atoms with Crippen molar-refractivity contribution in [1.82, 2.24) is 15.5 Å². The summed E-state index contributed by atoms with van der Waals surface area (Å²) in [5, 5.41) is 14.4. The van der Waals surface area contributed by atoms with E-state index in [0.29, 0.717) is 25.9 Å². The SMILES string of the molecule is O=C(O)C#CCNC(=O)CC1(NC(=O)OCC2c3ccccc3-c3ccccc32)CCN(Cc2ccccc2)CC1. The number of nitrogens with one attached hydrogen (secondary N) is 2. The van der Waals surface area contributed by atoms with Crippen molar-refractivity contribution in [3.05, 3.63) is 95.6 Å². The van der Waals surface area contributed by atoms with Gasteiger partial charge in [-0.25, -0.2) is 9.59 Å². The maximum atomic E-state index is 13.2. The number of carboxylic acids is 1. The molecule has 0 saturated carbocycles. The van der Waals surface area contributed by atoms with E-state index in [1.54, 1.807) is 0 Å². The zero-order chi connectivity index (χ0) is 28.7. The Balaban J connectivity index is 1.24. The van der Waals surface area contributed by atoms with Crippen LogP contribution < -0.4 is 10.6 Å². The topological polar surface area (TPSA) is 108 Å². The molecule has 1 fully saturated rings. The highest BCUT2D eigenvalue weighted by Gasteiger charge is 2.39. The van der Waals surface area contributed by atoms with E-state index in [4.69, 9.17) is 9.84 Å². The number of alkyl carbamates (subject to hydrolysis) is 1. The van der Waals surface area contributed by atoms with Gasteiger partial charge in [0.25, 0.3) is 0 Å². The molecule has 3 aromatic carbocycles. The number of ether oxygens (including phenoxy) is 1. The van der Waals surface area contributed by atoms with Crippen molar-refractivity contribution in [3.8, 4) is 23.0 Å². The largest absolute Gasteiger partial charge is 0.472 e. The number of piperidine rings is 1. The van der Waals surface area contributed by atoms with E-state index in [2.05, 4.69) is 57.9 Å². The van der Waals surface area contributed by atoms with Crippen molar-refractivity contribution in [2.45, 2.75) is 37.3 Å². The Kier molecular flexibility index (Phi) is 8.66. The lowest BCUT2D eigenvalue weighted by Gasteiger charge is -2.41. The fraction of sp³-hybridized carbons (Fsp3) is 0.303. The van der Waals surface area contributed by atoms with Gasteiger partial charge in [-0.2, -0.15) is 0 Å². The predicted octanol–water partition coefficient (Wildman–Crippen LogP) is 4.15. The third kappa shape index (κ3) is 6.94. The molecular weight excluding hydrogens is 518 g/mol. The minimum atomic E-state index is -1.25. The highest BCUT2D eigenvalue weighted by molar-refractivity contribution is 5.86. The molecule has 41 heavy (non-hydrogen) atoms. The van der Waals surface area contributed by atoms with Gasteiger partial charge < -0.3 is 20.5 Å². The van der Waals surface area contributed by atoms with E-state index in [-0.39, 0.29) is 31.4 Å². The van der Waals surface area contributed by atoms with Crippen molar-refractivity contribution >= 4 is 18.0 Å². The van der Waals surface area contributed by atoms with Crippen molar-refractivity contribution in [1.29, 1.82) is 0 Å². The molecular formula is C33H33N3O5. The van der Waals surface area contributed by atoms with Gasteiger partial charge in [0.2, 0.25) is 5.91 Å². The summed E-state index contributed by atoms with van der Waals surface area (Å²) in [4.78, 5) is 39.0. The number of aliphatic carboxylic acids is 1. The van der Waals surface area contributed by atoms with Gasteiger partial charge in [0.05, 0.1) is 12.1 Å². The lowest BCUT2D eigenvalue weighted by atomic mass is 9.84. The normalized spacial score (nSPS) is 15.5. The molecule has 1 saturated heterocycles. The van der Waals surface area contributed by atoms with Crippen LogP contribution in [0.2, 0.25) is 0 Å². The molecule has 0 atom stereocenters. The first-order chi connectivity index (χ1) is 19.9. The molecule has 3 N–H and O–H groups in total. The fourth-order valence-electron chi connectivity index (χ4n) is 5.81. The molecule has 3 aromatic rings. The average molecular weight is 552 g/mol. The second-order valence-electron chi connectivity index (χ2n) is 10.6. The van der Waals surface area contributed by atoms with Gasteiger partial charge in [0.15, 0.2) is 0 Å². The smallest absolute Gasteiger partial charge is 0.407 e. The Bertz CT molecular complexity index is 1420. The van der Waals surface area contributed by atoms with E-state index in [1.165, 1.54) is 5.56 Å². The van der Waals surface area contributed by atoms with Crippen LogP contribution in [0.25, 0.3) is 11.1 Å². The van der Waals surface area contributed by atoms with Crippen LogP contribution in [-0.4, -0.2) is 59.8 Å². The highest BCUT2D eigenvalue weighted by atomic mass is 16.5. The first-order valence-corrected chi connectivity index (χ1v) is 13.8. The number of carbonyl (C=O) groups excluding carboxylic acids is 2. The van der Waals surface area contributed by atoms with Gasteiger partial charge in [0.1, 0.15) is 6.61 Å². The zero-order valence-electron chi connectivity index (χ0n) is 22.8. The Morgan fingerprint density at radius 1 is 0.902 bits per heavy atom. The van der Waals surface area contributed by atoms with Crippen LogP contribution in [0.15, 0.2) is 78.9 Å². The summed E-state index contributed by atoms with van der Waals surface area (Å²) in [5.74, 6) is 2.78. The van der Waals surface area contributed by atoms with Crippen molar-refractivity contribution < 1.29 is 24.2 Å². The number of likely N-dealkylation sites (tertiary alicyclic amines) is 1. The lowest BCUT2D eigenvalue weighted by Crippen LogP contribution is -2.57. The number of hydrogen-bond acceptors (Lipinski definition) is 5. The van der Waals surface area contributed by atoms with Crippen LogP contribution in [0.5, 0.6) is 0 Å².